The van der Waals surface area contributed by atoms with E-state index in [1.165, 1.54) is 10.9 Å². The molecule has 0 radical (unpaired) electrons. The van der Waals surface area contributed by atoms with Crippen molar-refractivity contribution in [3.8, 4) is 0 Å². The number of thioether (sulfide) groups is 1. The van der Waals surface area contributed by atoms with Gasteiger partial charge in [0, 0.05) is 11.7 Å². The van der Waals surface area contributed by atoms with E-state index >= 15 is 0 Å². The first-order valence-corrected chi connectivity index (χ1v) is 8.15. The normalized spacial score (nSPS) is 19.0. The monoisotopic (exact) mass is 291 g/mol. The number of hydrogen-bond acceptors (Lipinski definition) is 3. The molecule has 2 rings (SSSR count). The highest BCUT2D eigenvalue weighted by Crippen LogP contribution is 2.27. The van der Waals surface area contributed by atoms with Gasteiger partial charge in [0.15, 0.2) is 5.17 Å². The minimum atomic E-state index is -0.0234. The van der Waals surface area contributed by atoms with E-state index in [2.05, 4.69) is 74.8 Å². The zero-order valence-electron chi connectivity index (χ0n) is 13.1. The molecule has 0 amide bonds. The van der Waals surface area contributed by atoms with Gasteiger partial charge in [-0.25, -0.2) is 0 Å². The molecule has 0 bridgehead atoms. The molecule has 0 N–H and O–H groups in total. The van der Waals surface area contributed by atoms with Crippen molar-refractivity contribution in [1.29, 1.82) is 0 Å². The Hall–Kier alpha value is -1.16. The number of anilines is 1. The van der Waals surface area contributed by atoms with Crippen LogP contribution < -0.4 is 4.90 Å². The van der Waals surface area contributed by atoms with Crippen molar-refractivity contribution in [2.75, 3.05) is 17.4 Å². The lowest BCUT2D eigenvalue weighted by molar-refractivity contribution is 0.348. The Bertz CT molecular complexity index is 462. The van der Waals surface area contributed by atoms with Crippen molar-refractivity contribution in [2.24, 2.45) is 4.99 Å². The zero-order chi connectivity index (χ0) is 14.8. The fraction of sp³-hybridized carbons (Fsp3) is 0.562. The summed E-state index contributed by atoms with van der Waals surface area (Å²) in [5.41, 5.74) is 1.25. The van der Waals surface area contributed by atoms with E-state index in [4.69, 9.17) is 4.99 Å². The number of hydrogen-bond donors (Lipinski definition) is 0. The Labute approximate surface area is 127 Å². The summed E-state index contributed by atoms with van der Waals surface area (Å²) in [6, 6.07) is 11.1. The summed E-state index contributed by atoms with van der Waals surface area (Å²) in [6.45, 7) is 11.8. The molecule has 0 aromatic heterocycles. The average molecular weight is 291 g/mol. The lowest BCUT2D eigenvalue weighted by atomic mass is 10.1. The first kappa shape index (κ1) is 15.2. The summed E-state index contributed by atoms with van der Waals surface area (Å²) in [7, 11) is 0. The molecule has 1 aromatic carbocycles. The summed E-state index contributed by atoms with van der Waals surface area (Å²) in [5.74, 6) is 0.960. The number of amidine groups is 1. The molecule has 0 unspecified atom stereocenters. The lowest BCUT2D eigenvalue weighted by Crippen LogP contribution is -2.49. The molecule has 0 spiro atoms. The SMILES string of the molecule is CC(C)N1CN(c2ccccc2)CSC1=NC(C)(C)C. The minimum Gasteiger partial charge on any atom is -0.344 e. The van der Waals surface area contributed by atoms with Crippen molar-refractivity contribution >= 4 is 22.6 Å². The molecule has 1 fully saturated rings. The van der Waals surface area contributed by atoms with E-state index in [1.54, 1.807) is 0 Å². The fourth-order valence-corrected chi connectivity index (χ4v) is 3.34. The Morgan fingerprint density at radius 2 is 1.80 bits per heavy atom. The van der Waals surface area contributed by atoms with E-state index in [1.807, 2.05) is 11.8 Å². The predicted molar refractivity (Wildman–Crippen MR) is 90.4 cm³/mol. The highest BCUT2D eigenvalue weighted by atomic mass is 32.2. The Balaban J connectivity index is 2.19. The van der Waals surface area contributed by atoms with Gasteiger partial charge in [0.25, 0.3) is 0 Å². The summed E-state index contributed by atoms with van der Waals surface area (Å²) < 4.78 is 0. The second kappa shape index (κ2) is 6.08. The first-order valence-electron chi connectivity index (χ1n) is 7.16. The number of aliphatic imine (C=N–C) groups is 1. The van der Waals surface area contributed by atoms with Crippen molar-refractivity contribution in [3.63, 3.8) is 0 Å². The Morgan fingerprint density at radius 1 is 1.15 bits per heavy atom. The van der Waals surface area contributed by atoms with Crippen LogP contribution in [0.1, 0.15) is 34.6 Å². The molecular weight excluding hydrogens is 266 g/mol. The van der Waals surface area contributed by atoms with Crippen LogP contribution in [0.4, 0.5) is 5.69 Å². The van der Waals surface area contributed by atoms with Gasteiger partial charge in [0.1, 0.15) is 0 Å². The molecule has 1 aromatic rings. The van der Waals surface area contributed by atoms with Gasteiger partial charge in [0.2, 0.25) is 0 Å². The van der Waals surface area contributed by atoms with Gasteiger partial charge in [-0.1, -0.05) is 30.0 Å². The zero-order valence-corrected chi connectivity index (χ0v) is 13.9. The summed E-state index contributed by atoms with van der Waals surface area (Å²) in [5, 5.41) is 1.17. The number of para-hydroxylation sites is 1. The van der Waals surface area contributed by atoms with Gasteiger partial charge < -0.3 is 9.80 Å². The minimum absolute atomic E-state index is 0.0234. The van der Waals surface area contributed by atoms with Crippen molar-refractivity contribution in [3.05, 3.63) is 30.3 Å². The first-order chi connectivity index (χ1) is 9.37. The predicted octanol–water partition coefficient (Wildman–Crippen LogP) is 4.02. The Morgan fingerprint density at radius 3 is 2.35 bits per heavy atom. The van der Waals surface area contributed by atoms with Crippen LogP contribution in [0, 0.1) is 0 Å². The topological polar surface area (TPSA) is 18.8 Å². The van der Waals surface area contributed by atoms with Gasteiger partial charge in [-0.05, 0) is 46.8 Å². The smallest absolute Gasteiger partial charge is 0.163 e. The highest BCUT2D eigenvalue weighted by molar-refractivity contribution is 8.13. The summed E-state index contributed by atoms with van der Waals surface area (Å²) in [6.07, 6.45) is 0. The Kier molecular flexibility index (Phi) is 4.63. The molecule has 1 aliphatic heterocycles. The highest BCUT2D eigenvalue weighted by Gasteiger charge is 2.26. The van der Waals surface area contributed by atoms with Crippen LogP contribution >= 0.6 is 11.8 Å². The van der Waals surface area contributed by atoms with E-state index in [-0.39, 0.29) is 5.54 Å². The number of rotatable bonds is 2. The van der Waals surface area contributed by atoms with Gasteiger partial charge in [-0.2, -0.15) is 0 Å². The van der Waals surface area contributed by atoms with Crippen molar-refractivity contribution in [2.45, 2.75) is 46.2 Å². The fourth-order valence-electron chi connectivity index (χ4n) is 2.07. The van der Waals surface area contributed by atoms with Crippen molar-refractivity contribution < 1.29 is 0 Å². The third kappa shape index (κ3) is 3.92. The molecule has 1 aliphatic rings. The molecule has 0 atom stereocenters. The maximum atomic E-state index is 4.88. The second-order valence-electron chi connectivity index (χ2n) is 6.42. The van der Waals surface area contributed by atoms with Crippen molar-refractivity contribution in [1.82, 2.24) is 4.90 Å². The maximum Gasteiger partial charge on any atom is 0.163 e. The molecule has 4 heteroatoms. The summed E-state index contributed by atoms with van der Waals surface area (Å²) in [4.78, 5) is 9.65. The van der Waals surface area contributed by atoms with E-state index in [0.29, 0.717) is 6.04 Å². The van der Waals surface area contributed by atoms with Crippen LogP contribution in [0.15, 0.2) is 35.3 Å². The second-order valence-corrected chi connectivity index (χ2v) is 7.33. The van der Waals surface area contributed by atoms with Crippen LogP contribution in [-0.2, 0) is 0 Å². The van der Waals surface area contributed by atoms with Gasteiger partial charge in [-0.15, -0.1) is 0 Å². The molecule has 20 heavy (non-hydrogen) atoms. The largest absolute Gasteiger partial charge is 0.344 e. The molecule has 1 heterocycles. The molecule has 0 saturated carbocycles. The lowest BCUT2D eigenvalue weighted by Gasteiger charge is -2.41. The van der Waals surface area contributed by atoms with Gasteiger partial charge in [-0.3, -0.25) is 4.99 Å². The number of benzene rings is 1. The molecule has 0 aliphatic carbocycles. The van der Waals surface area contributed by atoms with Gasteiger partial charge >= 0.3 is 0 Å². The van der Waals surface area contributed by atoms with Crippen LogP contribution in [-0.4, -0.2) is 34.2 Å². The van der Waals surface area contributed by atoms with Crippen LogP contribution in [0.25, 0.3) is 0 Å². The average Bonchev–Trinajstić information content (AvgIpc) is 2.38. The van der Waals surface area contributed by atoms with Crippen LogP contribution in [0.2, 0.25) is 0 Å². The van der Waals surface area contributed by atoms with Gasteiger partial charge in [0.05, 0.1) is 18.1 Å². The number of nitrogens with zero attached hydrogens (tertiary/aromatic N) is 3. The van der Waals surface area contributed by atoms with Crippen LogP contribution in [0.3, 0.4) is 0 Å². The van der Waals surface area contributed by atoms with Crippen LogP contribution in [0.5, 0.6) is 0 Å². The quantitative estimate of drug-likeness (QED) is 0.820. The molecule has 110 valence electrons. The van der Waals surface area contributed by atoms with E-state index in [9.17, 15) is 0 Å². The molecule has 1 saturated heterocycles. The maximum absolute atomic E-state index is 4.88. The summed E-state index contributed by atoms with van der Waals surface area (Å²) >= 11 is 1.83. The van der Waals surface area contributed by atoms with E-state index < -0.39 is 0 Å². The molecular formula is C16H25N3S. The standard InChI is InChI=1S/C16H25N3S/c1-13(2)19-11-18(14-9-7-6-8-10-14)12-20-15(19)17-16(3,4)5/h6-10,13H,11-12H2,1-5H3. The third-order valence-corrected chi connectivity index (χ3v) is 4.12. The third-order valence-electron chi connectivity index (χ3n) is 3.09. The van der Waals surface area contributed by atoms with E-state index in [0.717, 1.165) is 12.5 Å². The molecule has 3 nitrogen and oxygen atoms in total.